The summed E-state index contributed by atoms with van der Waals surface area (Å²) in [5.74, 6) is 0.300. The Balaban J connectivity index is 1.67. The van der Waals surface area contributed by atoms with Gasteiger partial charge < -0.3 is 15.0 Å². The van der Waals surface area contributed by atoms with E-state index in [1.807, 2.05) is 31.2 Å². The van der Waals surface area contributed by atoms with Gasteiger partial charge in [0.05, 0.1) is 5.69 Å². The third-order valence-corrected chi connectivity index (χ3v) is 4.16. The van der Waals surface area contributed by atoms with E-state index < -0.39 is 6.10 Å². The van der Waals surface area contributed by atoms with Gasteiger partial charge in [-0.25, -0.2) is 0 Å². The number of para-hydroxylation sites is 2. The van der Waals surface area contributed by atoms with E-state index in [-0.39, 0.29) is 24.8 Å². The average molecular weight is 332 g/mol. The van der Waals surface area contributed by atoms with Crippen molar-refractivity contribution in [3.63, 3.8) is 0 Å². The van der Waals surface area contributed by atoms with Gasteiger partial charge in [-0.15, -0.1) is 10.2 Å². The average Bonchev–Trinajstić information content (AvgIpc) is 2.93. The molecular formula is C15H16N4O3S. The standard InChI is InChI=1S/C15H16N4O3S/c1-9-14(21)19(11-5-3-4-6-12(11)22-9)8-7-13(20)16-15-18-17-10(2)23-15/h3-6,9H,7-8H2,1-2H3,(H,16,18,20)/t9-/m1/s1. The van der Waals surface area contributed by atoms with E-state index in [0.717, 1.165) is 5.01 Å². The largest absolute Gasteiger partial charge is 0.479 e. The highest BCUT2D eigenvalue weighted by atomic mass is 32.1. The summed E-state index contributed by atoms with van der Waals surface area (Å²) in [6, 6.07) is 7.31. The number of carbonyl (C=O) groups excluding carboxylic acids is 2. The van der Waals surface area contributed by atoms with Crippen LogP contribution in [0.5, 0.6) is 5.75 Å². The normalized spacial score (nSPS) is 16.7. The second-order valence-electron chi connectivity index (χ2n) is 5.14. The summed E-state index contributed by atoms with van der Waals surface area (Å²) in [4.78, 5) is 25.9. The fourth-order valence-electron chi connectivity index (χ4n) is 2.33. The zero-order valence-corrected chi connectivity index (χ0v) is 13.6. The monoisotopic (exact) mass is 332 g/mol. The van der Waals surface area contributed by atoms with Crippen molar-refractivity contribution in [2.24, 2.45) is 0 Å². The van der Waals surface area contributed by atoms with Gasteiger partial charge in [0.15, 0.2) is 6.10 Å². The number of hydrogen-bond acceptors (Lipinski definition) is 6. The second kappa shape index (κ2) is 6.33. The lowest BCUT2D eigenvalue weighted by molar-refractivity contribution is -0.125. The lowest BCUT2D eigenvalue weighted by Crippen LogP contribution is -2.45. The van der Waals surface area contributed by atoms with Crippen LogP contribution in [0.15, 0.2) is 24.3 Å². The minimum Gasteiger partial charge on any atom is -0.479 e. The van der Waals surface area contributed by atoms with Crippen LogP contribution in [0.25, 0.3) is 0 Å². The molecule has 8 heteroatoms. The molecule has 1 aromatic heterocycles. The van der Waals surface area contributed by atoms with Crippen LogP contribution in [-0.4, -0.2) is 34.7 Å². The number of benzene rings is 1. The molecule has 0 bridgehead atoms. The molecule has 3 rings (SSSR count). The van der Waals surface area contributed by atoms with Gasteiger partial charge in [-0.2, -0.15) is 0 Å². The Bertz CT molecular complexity index is 746. The van der Waals surface area contributed by atoms with Crippen LogP contribution >= 0.6 is 11.3 Å². The van der Waals surface area contributed by atoms with E-state index in [4.69, 9.17) is 4.74 Å². The second-order valence-corrected chi connectivity index (χ2v) is 6.32. The summed E-state index contributed by atoms with van der Waals surface area (Å²) in [6.45, 7) is 3.81. The zero-order valence-electron chi connectivity index (χ0n) is 12.8. The molecule has 1 aromatic carbocycles. The summed E-state index contributed by atoms with van der Waals surface area (Å²) >= 11 is 1.31. The Morgan fingerprint density at radius 1 is 1.39 bits per heavy atom. The van der Waals surface area contributed by atoms with Crippen molar-refractivity contribution in [3.05, 3.63) is 29.3 Å². The first-order chi connectivity index (χ1) is 11.0. The number of rotatable bonds is 4. The number of aromatic nitrogens is 2. The number of nitrogens with zero attached hydrogens (tertiary/aromatic N) is 3. The molecule has 0 unspecified atom stereocenters. The van der Waals surface area contributed by atoms with Crippen LogP contribution in [0.3, 0.4) is 0 Å². The molecule has 1 aliphatic heterocycles. The first kappa shape index (κ1) is 15.4. The first-order valence-corrected chi connectivity index (χ1v) is 8.03. The Kier molecular flexibility index (Phi) is 4.24. The lowest BCUT2D eigenvalue weighted by atomic mass is 10.1. The summed E-state index contributed by atoms with van der Waals surface area (Å²) in [5.41, 5.74) is 0.690. The van der Waals surface area contributed by atoms with Gasteiger partial charge in [-0.05, 0) is 26.0 Å². The Hall–Kier alpha value is -2.48. The van der Waals surface area contributed by atoms with Gasteiger partial charge in [-0.1, -0.05) is 23.5 Å². The molecule has 2 aromatic rings. The predicted molar refractivity (Wildman–Crippen MR) is 86.8 cm³/mol. The molecule has 0 saturated carbocycles. The Morgan fingerprint density at radius 2 is 2.17 bits per heavy atom. The highest BCUT2D eigenvalue weighted by Gasteiger charge is 2.31. The van der Waals surface area contributed by atoms with Crippen LogP contribution in [0, 0.1) is 6.92 Å². The summed E-state index contributed by atoms with van der Waals surface area (Å²) < 4.78 is 5.57. The lowest BCUT2D eigenvalue weighted by Gasteiger charge is -2.32. The van der Waals surface area contributed by atoms with Crippen molar-refractivity contribution in [2.45, 2.75) is 26.4 Å². The number of carbonyl (C=O) groups is 2. The van der Waals surface area contributed by atoms with Gasteiger partial charge in [0, 0.05) is 13.0 Å². The molecule has 0 fully saturated rings. The van der Waals surface area contributed by atoms with Crippen molar-refractivity contribution in [2.75, 3.05) is 16.8 Å². The molecule has 23 heavy (non-hydrogen) atoms. The highest BCUT2D eigenvalue weighted by molar-refractivity contribution is 7.15. The Labute approximate surface area is 137 Å². The molecule has 2 heterocycles. The van der Waals surface area contributed by atoms with Crippen LogP contribution in [-0.2, 0) is 9.59 Å². The maximum Gasteiger partial charge on any atom is 0.267 e. The smallest absolute Gasteiger partial charge is 0.267 e. The fourth-order valence-corrected chi connectivity index (χ4v) is 2.94. The van der Waals surface area contributed by atoms with E-state index in [9.17, 15) is 9.59 Å². The SMILES string of the molecule is Cc1nnc(NC(=O)CCN2C(=O)[C@@H](C)Oc3ccccc32)s1. The van der Waals surface area contributed by atoms with Crippen molar-refractivity contribution in [3.8, 4) is 5.75 Å². The third kappa shape index (κ3) is 3.31. The van der Waals surface area contributed by atoms with E-state index in [0.29, 0.717) is 16.6 Å². The number of ether oxygens (including phenoxy) is 1. The molecule has 0 spiro atoms. The van der Waals surface area contributed by atoms with E-state index in [1.54, 1.807) is 11.8 Å². The molecule has 0 aliphatic carbocycles. The molecular weight excluding hydrogens is 316 g/mol. The third-order valence-electron chi connectivity index (χ3n) is 3.41. The van der Waals surface area contributed by atoms with Crippen LogP contribution in [0.1, 0.15) is 18.4 Å². The van der Waals surface area contributed by atoms with Gasteiger partial charge in [0.2, 0.25) is 11.0 Å². The van der Waals surface area contributed by atoms with Crippen LogP contribution in [0.4, 0.5) is 10.8 Å². The van der Waals surface area contributed by atoms with Crippen molar-refractivity contribution in [1.82, 2.24) is 10.2 Å². The molecule has 1 aliphatic rings. The zero-order chi connectivity index (χ0) is 16.4. The van der Waals surface area contributed by atoms with Crippen LogP contribution in [0.2, 0.25) is 0 Å². The molecule has 120 valence electrons. The van der Waals surface area contributed by atoms with Crippen molar-refractivity contribution < 1.29 is 14.3 Å². The Morgan fingerprint density at radius 3 is 2.91 bits per heavy atom. The predicted octanol–water partition coefficient (Wildman–Crippen LogP) is 1.99. The van der Waals surface area contributed by atoms with Gasteiger partial charge >= 0.3 is 0 Å². The van der Waals surface area contributed by atoms with Gasteiger partial charge in [-0.3, -0.25) is 9.59 Å². The molecule has 0 radical (unpaired) electrons. The minimum absolute atomic E-state index is 0.150. The number of aryl methyl sites for hydroxylation is 1. The minimum atomic E-state index is -0.557. The number of anilines is 2. The summed E-state index contributed by atoms with van der Waals surface area (Å²) in [6.07, 6.45) is -0.385. The molecule has 1 atom stereocenters. The van der Waals surface area contributed by atoms with Gasteiger partial charge in [0.25, 0.3) is 5.91 Å². The first-order valence-electron chi connectivity index (χ1n) is 7.21. The van der Waals surface area contributed by atoms with Gasteiger partial charge in [0.1, 0.15) is 10.8 Å². The molecule has 1 N–H and O–H groups in total. The summed E-state index contributed by atoms with van der Waals surface area (Å²) in [5, 5.41) is 11.6. The fraction of sp³-hybridized carbons (Fsp3) is 0.333. The molecule has 2 amide bonds. The number of nitrogens with one attached hydrogen (secondary N) is 1. The molecule has 0 saturated heterocycles. The quantitative estimate of drug-likeness (QED) is 0.925. The maximum atomic E-state index is 12.3. The number of fused-ring (bicyclic) bond motifs is 1. The highest BCUT2D eigenvalue weighted by Crippen LogP contribution is 2.33. The maximum absolute atomic E-state index is 12.3. The number of hydrogen-bond donors (Lipinski definition) is 1. The van der Waals surface area contributed by atoms with E-state index in [2.05, 4.69) is 15.5 Å². The topological polar surface area (TPSA) is 84.4 Å². The van der Waals surface area contributed by atoms with Crippen LogP contribution < -0.4 is 15.0 Å². The van der Waals surface area contributed by atoms with Crippen molar-refractivity contribution in [1.29, 1.82) is 0 Å². The van der Waals surface area contributed by atoms with E-state index in [1.165, 1.54) is 11.3 Å². The van der Waals surface area contributed by atoms with Crippen molar-refractivity contribution >= 4 is 34.0 Å². The molecule has 7 nitrogen and oxygen atoms in total. The number of amides is 2. The van der Waals surface area contributed by atoms with E-state index >= 15 is 0 Å². The summed E-state index contributed by atoms with van der Waals surface area (Å²) in [7, 11) is 0.